The summed E-state index contributed by atoms with van der Waals surface area (Å²) in [6, 6.07) is 44.2. The molecule has 0 radical (unpaired) electrons. The Labute approximate surface area is 199 Å². The molecule has 0 N–H and O–H groups in total. The average molecular weight is 434 g/mol. The van der Waals surface area contributed by atoms with Gasteiger partial charge in [-0.25, -0.2) is 0 Å². The van der Waals surface area contributed by atoms with E-state index in [4.69, 9.17) is 0 Å². The lowest BCUT2D eigenvalue weighted by atomic mass is 9.83. The molecule has 0 spiro atoms. The van der Waals surface area contributed by atoms with Gasteiger partial charge < -0.3 is 0 Å². The van der Waals surface area contributed by atoms with E-state index in [0.717, 1.165) is 12.8 Å². The minimum absolute atomic E-state index is 0.0402. The van der Waals surface area contributed by atoms with Gasteiger partial charge in [0.1, 0.15) is 0 Å². The lowest BCUT2D eigenvalue weighted by Crippen LogP contribution is -2.48. The maximum Gasteiger partial charge on any atom is 0.0615 e. The van der Waals surface area contributed by atoms with E-state index in [1.54, 1.807) is 0 Å². The molecule has 1 nitrogen and oxygen atoms in total. The summed E-state index contributed by atoms with van der Waals surface area (Å²) in [7, 11) is 0. The quantitative estimate of drug-likeness (QED) is 0.256. The minimum atomic E-state index is -0.0402. The van der Waals surface area contributed by atoms with Gasteiger partial charge >= 0.3 is 0 Å². The maximum atomic E-state index is 2.76. The maximum absolute atomic E-state index is 2.76. The van der Waals surface area contributed by atoms with Crippen molar-refractivity contribution in [3.8, 4) is 0 Å². The van der Waals surface area contributed by atoms with E-state index >= 15 is 0 Å². The largest absolute Gasteiger partial charge is 0.276 e. The number of hydrogen-bond donors (Lipinski definition) is 0. The molecule has 4 rings (SSSR count). The van der Waals surface area contributed by atoms with E-state index in [0.29, 0.717) is 0 Å². The van der Waals surface area contributed by atoms with Crippen LogP contribution in [0.2, 0.25) is 0 Å². The molecule has 0 atom stereocenters. The molecule has 168 valence electrons. The van der Waals surface area contributed by atoms with Crippen molar-refractivity contribution >= 4 is 0 Å². The Morgan fingerprint density at radius 1 is 0.515 bits per heavy atom. The third kappa shape index (κ3) is 5.26. The van der Waals surface area contributed by atoms with Gasteiger partial charge in [0.2, 0.25) is 0 Å². The number of nitrogens with zero attached hydrogens (tertiary/aromatic N) is 1. The standard InChI is InChI=1S/C32H35N/c1-4-25-32(2,3)33(30(26-17-9-5-10-18-26)27-19-11-6-12-20-27)31(28-21-13-7-14-22-28)29-23-15-8-16-24-29/h5-24,30-31H,4,25H2,1-3H3. The van der Waals surface area contributed by atoms with Gasteiger partial charge in [0.05, 0.1) is 12.1 Å². The molecule has 0 fully saturated rings. The third-order valence-corrected chi connectivity index (χ3v) is 6.58. The number of benzene rings is 4. The van der Waals surface area contributed by atoms with E-state index in [1.165, 1.54) is 22.3 Å². The van der Waals surface area contributed by atoms with Crippen LogP contribution in [0.25, 0.3) is 0 Å². The molecule has 0 aromatic heterocycles. The first kappa shape index (κ1) is 23.0. The van der Waals surface area contributed by atoms with Crippen molar-refractivity contribution in [2.75, 3.05) is 0 Å². The topological polar surface area (TPSA) is 3.24 Å². The van der Waals surface area contributed by atoms with Crippen LogP contribution < -0.4 is 0 Å². The van der Waals surface area contributed by atoms with Crippen LogP contribution in [0, 0.1) is 0 Å². The molecule has 4 aromatic rings. The first-order chi connectivity index (χ1) is 16.1. The minimum Gasteiger partial charge on any atom is -0.276 e. The first-order valence-electron chi connectivity index (χ1n) is 12.1. The Kier molecular flexibility index (Phi) is 7.42. The highest BCUT2D eigenvalue weighted by molar-refractivity contribution is 5.38. The molecule has 0 heterocycles. The fourth-order valence-corrected chi connectivity index (χ4v) is 5.16. The van der Waals surface area contributed by atoms with Gasteiger partial charge in [-0.2, -0.15) is 0 Å². The summed E-state index contributed by atoms with van der Waals surface area (Å²) in [5.74, 6) is 0. The van der Waals surface area contributed by atoms with Crippen molar-refractivity contribution in [2.45, 2.75) is 51.2 Å². The Bertz CT molecular complexity index is 926. The SMILES string of the molecule is CCCC(C)(C)N(C(c1ccccc1)c1ccccc1)C(c1ccccc1)c1ccccc1. The van der Waals surface area contributed by atoms with Gasteiger partial charge in [0.15, 0.2) is 0 Å². The van der Waals surface area contributed by atoms with Crippen LogP contribution in [-0.4, -0.2) is 10.4 Å². The van der Waals surface area contributed by atoms with Crippen molar-refractivity contribution in [1.29, 1.82) is 0 Å². The van der Waals surface area contributed by atoms with Gasteiger partial charge in [-0.3, -0.25) is 4.90 Å². The zero-order chi connectivity index (χ0) is 23.1. The number of rotatable bonds is 9. The molecule has 33 heavy (non-hydrogen) atoms. The van der Waals surface area contributed by atoms with Gasteiger partial charge in [0.25, 0.3) is 0 Å². The summed E-state index contributed by atoms with van der Waals surface area (Å²) in [6.45, 7) is 7.11. The monoisotopic (exact) mass is 433 g/mol. The lowest BCUT2D eigenvalue weighted by molar-refractivity contribution is 0.0448. The molecule has 0 aliphatic heterocycles. The van der Waals surface area contributed by atoms with E-state index in [2.05, 4.69) is 147 Å². The molecule has 0 saturated carbocycles. The Hall–Kier alpha value is -3.16. The third-order valence-electron chi connectivity index (χ3n) is 6.58. The fraction of sp³-hybridized carbons (Fsp3) is 0.250. The highest BCUT2D eigenvalue weighted by Crippen LogP contribution is 2.45. The summed E-state index contributed by atoms with van der Waals surface area (Å²) in [5.41, 5.74) is 5.26. The van der Waals surface area contributed by atoms with Crippen molar-refractivity contribution in [3.05, 3.63) is 144 Å². The summed E-state index contributed by atoms with van der Waals surface area (Å²) in [6.07, 6.45) is 2.25. The Balaban J connectivity index is 1.99. The fourth-order valence-electron chi connectivity index (χ4n) is 5.16. The molecule has 0 aliphatic carbocycles. The van der Waals surface area contributed by atoms with Gasteiger partial charge in [-0.1, -0.05) is 135 Å². The summed E-state index contributed by atoms with van der Waals surface area (Å²) >= 11 is 0. The van der Waals surface area contributed by atoms with Crippen LogP contribution in [-0.2, 0) is 0 Å². The van der Waals surface area contributed by atoms with Crippen LogP contribution in [0.1, 0.15) is 68.0 Å². The van der Waals surface area contributed by atoms with Crippen LogP contribution in [0.4, 0.5) is 0 Å². The van der Waals surface area contributed by atoms with Crippen molar-refractivity contribution in [3.63, 3.8) is 0 Å². The normalized spacial score (nSPS) is 11.9. The Morgan fingerprint density at radius 3 is 1.03 bits per heavy atom. The predicted molar refractivity (Wildman–Crippen MR) is 140 cm³/mol. The summed E-state index contributed by atoms with van der Waals surface area (Å²) in [5, 5.41) is 0. The van der Waals surface area contributed by atoms with Crippen molar-refractivity contribution < 1.29 is 0 Å². The van der Waals surface area contributed by atoms with E-state index in [1.807, 2.05) is 0 Å². The molecule has 0 saturated heterocycles. The predicted octanol–water partition coefficient (Wildman–Crippen LogP) is 8.45. The van der Waals surface area contributed by atoms with Crippen LogP contribution in [0.3, 0.4) is 0 Å². The highest BCUT2D eigenvalue weighted by Gasteiger charge is 2.40. The van der Waals surface area contributed by atoms with Gasteiger partial charge in [-0.05, 0) is 42.5 Å². The second kappa shape index (κ2) is 10.6. The highest BCUT2D eigenvalue weighted by atomic mass is 15.2. The summed E-state index contributed by atoms with van der Waals surface area (Å²) in [4.78, 5) is 2.76. The number of hydrogen-bond acceptors (Lipinski definition) is 1. The van der Waals surface area contributed by atoms with Crippen molar-refractivity contribution in [1.82, 2.24) is 4.90 Å². The van der Waals surface area contributed by atoms with E-state index in [9.17, 15) is 0 Å². The molecular weight excluding hydrogens is 398 g/mol. The Morgan fingerprint density at radius 2 is 0.788 bits per heavy atom. The molecule has 0 aliphatic rings. The second-order valence-corrected chi connectivity index (χ2v) is 9.42. The smallest absolute Gasteiger partial charge is 0.0615 e. The van der Waals surface area contributed by atoms with Gasteiger partial charge in [-0.15, -0.1) is 0 Å². The van der Waals surface area contributed by atoms with Crippen LogP contribution in [0.15, 0.2) is 121 Å². The van der Waals surface area contributed by atoms with E-state index in [-0.39, 0.29) is 17.6 Å². The molecule has 0 bridgehead atoms. The van der Waals surface area contributed by atoms with Gasteiger partial charge in [0, 0.05) is 5.54 Å². The van der Waals surface area contributed by atoms with Crippen LogP contribution in [0.5, 0.6) is 0 Å². The molecule has 1 heteroatoms. The molecule has 0 amide bonds. The zero-order valence-electron chi connectivity index (χ0n) is 20.1. The average Bonchev–Trinajstić information content (AvgIpc) is 2.86. The second-order valence-electron chi connectivity index (χ2n) is 9.42. The molecule has 4 aromatic carbocycles. The lowest BCUT2D eigenvalue weighted by Gasteiger charge is -2.49. The molecule has 0 unspecified atom stereocenters. The summed E-state index contributed by atoms with van der Waals surface area (Å²) < 4.78 is 0. The zero-order valence-corrected chi connectivity index (χ0v) is 20.1. The van der Waals surface area contributed by atoms with E-state index < -0.39 is 0 Å². The molecular formula is C32H35N. The van der Waals surface area contributed by atoms with Crippen LogP contribution >= 0.6 is 0 Å². The first-order valence-corrected chi connectivity index (χ1v) is 12.1. The van der Waals surface area contributed by atoms with Crippen molar-refractivity contribution in [2.24, 2.45) is 0 Å².